The van der Waals surface area contributed by atoms with E-state index in [1.165, 1.54) is 19.3 Å². The summed E-state index contributed by atoms with van der Waals surface area (Å²) in [7, 11) is 1.31. The Balaban J connectivity index is 1.40. The topological polar surface area (TPSA) is 94.5 Å². The Bertz CT molecular complexity index is 1650. The second-order valence-corrected chi connectivity index (χ2v) is 12.5. The van der Waals surface area contributed by atoms with Crippen LogP contribution < -0.4 is 10.6 Å². The third kappa shape index (κ3) is 3.92. The Morgan fingerprint density at radius 3 is 2.74 bits per heavy atom. The average molecular weight is 608 g/mol. The summed E-state index contributed by atoms with van der Waals surface area (Å²) >= 11 is 12.7. The highest BCUT2D eigenvalue weighted by Crippen LogP contribution is 2.60. The molecule has 7 rings (SSSR count). The van der Waals surface area contributed by atoms with Crippen molar-refractivity contribution in [3.05, 3.63) is 98.5 Å². The van der Waals surface area contributed by atoms with Crippen molar-refractivity contribution in [1.82, 2.24) is 10.2 Å². The maximum atomic E-state index is 16.0. The van der Waals surface area contributed by atoms with Crippen LogP contribution in [0.15, 0.2) is 71.5 Å². The lowest BCUT2D eigenvalue weighted by molar-refractivity contribution is -0.135. The van der Waals surface area contributed by atoms with Crippen molar-refractivity contribution in [3.8, 4) is 0 Å². The van der Waals surface area contributed by atoms with E-state index in [1.807, 2.05) is 6.07 Å². The minimum Gasteiger partial charge on any atom is -0.465 e. The monoisotopic (exact) mass is 606 g/mol. The smallest absolute Gasteiger partial charge is 0.337 e. The Labute approximate surface area is 252 Å². The number of carbonyl (C=O) groups excluding carboxylic acids is 2. The van der Waals surface area contributed by atoms with Crippen molar-refractivity contribution in [1.29, 1.82) is 5.41 Å². The third-order valence-corrected chi connectivity index (χ3v) is 10.1. The van der Waals surface area contributed by atoms with E-state index < -0.39 is 23.2 Å². The molecule has 3 aliphatic heterocycles. The van der Waals surface area contributed by atoms with Crippen molar-refractivity contribution in [2.75, 3.05) is 19.0 Å². The van der Waals surface area contributed by atoms with Crippen LogP contribution in [0.1, 0.15) is 42.7 Å². The molecule has 2 saturated heterocycles. The van der Waals surface area contributed by atoms with Gasteiger partial charge in [-0.1, -0.05) is 53.9 Å². The van der Waals surface area contributed by atoms with Gasteiger partial charge in [0.2, 0.25) is 5.91 Å². The molecule has 0 bridgehead atoms. The number of rotatable bonds is 4. The van der Waals surface area contributed by atoms with Crippen LogP contribution in [0.25, 0.3) is 0 Å². The summed E-state index contributed by atoms with van der Waals surface area (Å²) in [6.07, 6.45) is 8.71. The quantitative estimate of drug-likeness (QED) is 0.379. The molecule has 2 aromatic carbocycles. The number of esters is 1. The van der Waals surface area contributed by atoms with Crippen molar-refractivity contribution in [2.45, 2.75) is 49.2 Å². The van der Waals surface area contributed by atoms with E-state index in [-0.39, 0.29) is 28.7 Å². The van der Waals surface area contributed by atoms with Gasteiger partial charge in [-0.15, -0.1) is 0 Å². The number of likely N-dealkylation sites (tertiary alicyclic amines) is 1. The molecule has 42 heavy (non-hydrogen) atoms. The van der Waals surface area contributed by atoms with Crippen LogP contribution in [-0.2, 0) is 19.9 Å². The van der Waals surface area contributed by atoms with Gasteiger partial charge in [0, 0.05) is 52.5 Å². The van der Waals surface area contributed by atoms with Crippen LogP contribution in [-0.4, -0.2) is 48.2 Å². The summed E-state index contributed by atoms with van der Waals surface area (Å²) in [4.78, 5) is 28.7. The predicted octanol–water partition coefficient (Wildman–Crippen LogP) is 5.85. The number of carbonyl (C=O) groups is 2. The highest BCUT2D eigenvalue weighted by molar-refractivity contribution is 6.31. The molecular weight excluding hydrogens is 578 g/mol. The van der Waals surface area contributed by atoms with Gasteiger partial charge < -0.3 is 20.8 Å². The number of hydrogen-bond donors (Lipinski definition) is 3. The number of ether oxygens (including phenoxy) is 1. The molecule has 0 radical (unpaired) electrons. The molecule has 4 atom stereocenters. The van der Waals surface area contributed by atoms with Gasteiger partial charge in [0.05, 0.1) is 29.5 Å². The first-order valence-electron chi connectivity index (χ1n) is 14.1. The van der Waals surface area contributed by atoms with Crippen LogP contribution >= 0.6 is 23.2 Å². The van der Waals surface area contributed by atoms with Crippen LogP contribution in [0, 0.1) is 17.1 Å². The summed E-state index contributed by atoms with van der Waals surface area (Å²) in [5, 5.41) is 15.9. The second-order valence-electron chi connectivity index (χ2n) is 11.7. The number of nitrogens with zero attached hydrogens (tertiary/aromatic N) is 1. The fourth-order valence-corrected chi connectivity index (χ4v) is 7.89. The largest absolute Gasteiger partial charge is 0.465 e. The third-order valence-electron chi connectivity index (χ3n) is 9.58. The molecule has 0 unspecified atom stereocenters. The van der Waals surface area contributed by atoms with Gasteiger partial charge in [0.15, 0.2) is 0 Å². The number of amides is 1. The molecule has 7 nitrogen and oxygen atoms in total. The van der Waals surface area contributed by atoms with Crippen molar-refractivity contribution < 1.29 is 18.7 Å². The van der Waals surface area contributed by atoms with E-state index in [0.717, 1.165) is 30.5 Å². The highest BCUT2D eigenvalue weighted by atomic mass is 35.5. The number of methoxy groups -OCH3 is 1. The molecule has 3 N–H and O–H groups in total. The van der Waals surface area contributed by atoms with E-state index >= 15 is 4.39 Å². The number of anilines is 1. The van der Waals surface area contributed by atoms with Crippen molar-refractivity contribution in [3.63, 3.8) is 0 Å². The molecule has 2 aliphatic carbocycles. The van der Waals surface area contributed by atoms with Gasteiger partial charge in [-0.2, -0.15) is 0 Å². The summed E-state index contributed by atoms with van der Waals surface area (Å²) in [5.74, 6) is -1.46. The van der Waals surface area contributed by atoms with Gasteiger partial charge in [-0.05, 0) is 54.7 Å². The van der Waals surface area contributed by atoms with E-state index in [1.54, 1.807) is 36.4 Å². The minimum atomic E-state index is -1.19. The van der Waals surface area contributed by atoms with E-state index in [4.69, 9.17) is 33.3 Å². The lowest BCUT2D eigenvalue weighted by Gasteiger charge is -2.43. The Kier molecular flexibility index (Phi) is 6.57. The molecular formula is C32H29Cl2FN4O3. The van der Waals surface area contributed by atoms with Crippen molar-refractivity contribution >= 4 is 46.5 Å². The van der Waals surface area contributed by atoms with E-state index in [9.17, 15) is 9.59 Å². The fourth-order valence-electron chi connectivity index (χ4n) is 7.54. The summed E-state index contributed by atoms with van der Waals surface area (Å²) in [5.41, 5.74) is 2.55. The van der Waals surface area contributed by atoms with E-state index in [2.05, 4.69) is 15.5 Å². The zero-order chi connectivity index (χ0) is 29.3. The zero-order valence-electron chi connectivity index (χ0n) is 22.8. The predicted molar refractivity (Wildman–Crippen MR) is 159 cm³/mol. The normalized spacial score (nSPS) is 30.1. The Morgan fingerprint density at radius 1 is 1.21 bits per heavy atom. The Morgan fingerprint density at radius 2 is 2.02 bits per heavy atom. The lowest BCUT2D eigenvalue weighted by atomic mass is 9.73. The van der Waals surface area contributed by atoms with Crippen LogP contribution in [0.5, 0.6) is 0 Å². The number of halogens is 3. The molecule has 1 spiro atoms. The summed E-state index contributed by atoms with van der Waals surface area (Å²) in [6.45, 7) is 0.680. The fraction of sp³-hybridized carbons (Fsp3) is 0.344. The van der Waals surface area contributed by atoms with Crippen LogP contribution in [0.3, 0.4) is 0 Å². The SMILES string of the molecule is COC(=O)C1=CC(=N)/C(=C2/C[C@H]3[C@@H](N2)[C@H](c2cccc(Cl)c2F)[C@]2(C(=O)Nc4cc(Cl)ccc42)N3CC2CCC2)C=C1. The van der Waals surface area contributed by atoms with Crippen molar-refractivity contribution in [2.24, 2.45) is 5.92 Å². The molecule has 0 aromatic heterocycles. The first-order chi connectivity index (χ1) is 20.2. The minimum absolute atomic E-state index is 0.000390. The van der Waals surface area contributed by atoms with Gasteiger partial charge >= 0.3 is 5.97 Å². The lowest BCUT2D eigenvalue weighted by Crippen LogP contribution is -2.54. The molecule has 3 fully saturated rings. The van der Waals surface area contributed by atoms with Gasteiger partial charge in [0.1, 0.15) is 11.4 Å². The van der Waals surface area contributed by atoms with Gasteiger partial charge in [-0.3, -0.25) is 9.69 Å². The summed E-state index contributed by atoms with van der Waals surface area (Å²) in [6, 6.07) is 9.85. The maximum absolute atomic E-state index is 16.0. The number of benzene rings is 2. The van der Waals surface area contributed by atoms with Crippen LogP contribution in [0.2, 0.25) is 10.0 Å². The molecule has 3 heterocycles. The van der Waals surface area contributed by atoms with E-state index in [0.29, 0.717) is 46.3 Å². The van der Waals surface area contributed by atoms with Gasteiger partial charge in [0.25, 0.3) is 0 Å². The molecule has 2 aromatic rings. The zero-order valence-corrected chi connectivity index (χ0v) is 24.4. The number of nitrogens with one attached hydrogen (secondary N) is 3. The molecule has 216 valence electrons. The number of hydrogen-bond acceptors (Lipinski definition) is 6. The molecule has 5 aliphatic rings. The number of fused-ring (bicyclic) bond motifs is 3. The highest BCUT2D eigenvalue weighted by Gasteiger charge is 2.68. The molecule has 1 saturated carbocycles. The first-order valence-corrected chi connectivity index (χ1v) is 14.9. The molecule has 1 amide bonds. The van der Waals surface area contributed by atoms with Crippen LogP contribution in [0.4, 0.5) is 10.1 Å². The standard InChI is InChI=1S/C32H29Cl2FN4O3/c1-42-30(40)17-8-10-19(23(36)12-17)24-14-26-29(37-24)27(20-6-3-7-22(34)28(20)35)32(39(26)15-16-4-2-5-16)21-11-9-18(33)13-25(21)38-31(32)41/h3,6-13,16,26-27,29,36-37H,2,4-5,14-15H2,1H3,(H,38,41)/b24-19-,36-23?/t26-,27-,29+,32+/m0/s1. The number of allylic oxidation sites excluding steroid dienone is 3. The maximum Gasteiger partial charge on any atom is 0.337 e. The Hall–Kier alpha value is -3.46. The summed E-state index contributed by atoms with van der Waals surface area (Å²) < 4.78 is 20.8. The first kappa shape index (κ1) is 27.4. The van der Waals surface area contributed by atoms with Gasteiger partial charge in [-0.25, -0.2) is 9.18 Å². The molecule has 10 heteroatoms. The average Bonchev–Trinajstić information content (AvgIpc) is 3.56. The second kappa shape index (κ2) is 10.1.